The van der Waals surface area contributed by atoms with Gasteiger partial charge in [-0.15, -0.1) is 0 Å². The zero-order chi connectivity index (χ0) is 10.8. The number of piperidine rings is 1. The molecule has 1 heterocycles. The molecule has 5 heteroatoms. The van der Waals surface area contributed by atoms with E-state index in [0.29, 0.717) is 6.54 Å². The Morgan fingerprint density at radius 3 is 2.79 bits per heavy atom. The van der Waals surface area contributed by atoms with Gasteiger partial charge in [-0.1, -0.05) is 5.16 Å². The van der Waals surface area contributed by atoms with Crippen molar-refractivity contribution in [3.8, 4) is 0 Å². The number of amidine groups is 1. The highest BCUT2D eigenvalue weighted by Gasteiger charge is 2.31. The topological polar surface area (TPSA) is 82.1 Å². The van der Waals surface area contributed by atoms with E-state index in [9.17, 15) is 5.11 Å². The average molecular weight is 201 g/mol. The third-order valence-corrected chi connectivity index (χ3v) is 2.80. The maximum atomic E-state index is 9.86. The van der Waals surface area contributed by atoms with Gasteiger partial charge in [-0.2, -0.15) is 0 Å². The van der Waals surface area contributed by atoms with Crippen LogP contribution in [0, 0.1) is 0 Å². The third-order valence-electron chi connectivity index (χ3n) is 2.80. The lowest BCUT2D eigenvalue weighted by atomic mass is 9.94. The van der Waals surface area contributed by atoms with Gasteiger partial charge in [0.05, 0.1) is 11.6 Å². The first-order chi connectivity index (χ1) is 6.46. The fourth-order valence-electron chi connectivity index (χ4n) is 1.86. The molecule has 0 aromatic heterocycles. The molecule has 14 heavy (non-hydrogen) atoms. The van der Waals surface area contributed by atoms with E-state index >= 15 is 0 Å². The molecular formula is C9H19N3O2. The van der Waals surface area contributed by atoms with E-state index in [-0.39, 0.29) is 11.9 Å². The number of nitrogens with two attached hydrogens (primary N) is 1. The maximum absolute atomic E-state index is 9.86. The van der Waals surface area contributed by atoms with Crippen LogP contribution >= 0.6 is 0 Å². The number of hydrogen-bond acceptors (Lipinski definition) is 4. The molecule has 0 amide bonds. The van der Waals surface area contributed by atoms with Crippen molar-refractivity contribution < 1.29 is 10.3 Å². The summed E-state index contributed by atoms with van der Waals surface area (Å²) in [6.07, 6.45) is 1.75. The van der Waals surface area contributed by atoms with E-state index in [1.54, 1.807) is 0 Å². The largest absolute Gasteiger partial charge is 0.409 e. The number of nitrogens with zero attached hydrogens (tertiary/aromatic N) is 2. The number of likely N-dealkylation sites (tertiary alicyclic amines) is 1. The molecule has 0 saturated carbocycles. The van der Waals surface area contributed by atoms with Crippen molar-refractivity contribution in [3.05, 3.63) is 0 Å². The molecule has 1 saturated heterocycles. The fraction of sp³-hybridized carbons (Fsp3) is 0.889. The zero-order valence-electron chi connectivity index (χ0n) is 8.77. The minimum atomic E-state index is -0.651. The second kappa shape index (κ2) is 4.14. The monoisotopic (exact) mass is 201 g/mol. The quantitative estimate of drug-likeness (QED) is 0.253. The lowest BCUT2D eigenvalue weighted by Gasteiger charge is -2.39. The Hall–Kier alpha value is -0.810. The van der Waals surface area contributed by atoms with Gasteiger partial charge in [-0.05, 0) is 33.2 Å². The average Bonchev–Trinajstić information content (AvgIpc) is 2.14. The highest BCUT2D eigenvalue weighted by molar-refractivity contribution is 5.84. The number of β-amino-alcohol motifs (C(OH)–C–C–N with tert-alkyl or cyclic N) is 1. The van der Waals surface area contributed by atoms with Crippen molar-refractivity contribution in [2.45, 2.75) is 38.3 Å². The first-order valence-corrected chi connectivity index (χ1v) is 4.90. The summed E-state index contributed by atoms with van der Waals surface area (Å²) in [7, 11) is 0. The molecule has 4 N–H and O–H groups in total. The van der Waals surface area contributed by atoms with Crippen LogP contribution in [0.5, 0.6) is 0 Å². The van der Waals surface area contributed by atoms with Gasteiger partial charge < -0.3 is 16.0 Å². The molecule has 5 nitrogen and oxygen atoms in total. The number of aliphatic hydroxyl groups is 1. The second-order valence-electron chi connectivity index (χ2n) is 4.27. The van der Waals surface area contributed by atoms with Crippen LogP contribution in [-0.4, -0.2) is 45.8 Å². The molecule has 1 rings (SSSR count). The van der Waals surface area contributed by atoms with Gasteiger partial charge in [0.2, 0.25) is 0 Å². The van der Waals surface area contributed by atoms with Crippen molar-refractivity contribution in [1.29, 1.82) is 0 Å². The third kappa shape index (κ3) is 2.59. The summed E-state index contributed by atoms with van der Waals surface area (Å²) in [6.45, 7) is 5.15. The van der Waals surface area contributed by atoms with E-state index in [1.807, 2.05) is 18.7 Å². The van der Waals surface area contributed by atoms with Crippen LogP contribution in [0.4, 0.5) is 0 Å². The van der Waals surface area contributed by atoms with E-state index < -0.39 is 5.60 Å². The second-order valence-corrected chi connectivity index (χ2v) is 4.27. The van der Waals surface area contributed by atoms with Crippen LogP contribution in [-0.2, 0) is 0 Å². The van der Waals surface area contributed by atoms with Gasteiger partial charge >= 0.3 is 0 Å². The maximum Gasteiger partial charge on any atom is 0.156 e. The molecule has 0 aromatic rings. The normalized spacial score (nSPS) is 32.9. The summed E-state index contributed by atoms with van der Waals surface area (Å²) in [4.78, 5) is 2.03. The number of rotatable bonds is 2. The van der Waals surface area contributed by atoms with E-state index in [2.05, 4.69) is 5.16 Å². The van der Waals surface area contributed by atoms with Crippen LogP contribution in [0.15, 0.2) is 5.16 Å². The van der Waals surface area contributed by atoms with Crippen molar-refractivity contribution in [1.82, 2.24) is 4.90 Å². The number of oxime groups is 1. The van der Waals surface area contributed by atoms with Crippen molar-refractivity contribution in [3.63, 3.8) is 0 Å². The van der Waals surface area contributed by atoms with Gasteiger partial charge in [-0.25, -0.2) is 0 Å². The molecule has 2 atom stereocenters. The Morgan fingerprint density at radius 2 is 2.29 bits per heavy atom. The summed E-state index contributed by atoms with van der Waals surface area (Å²) in [5, 5.41) is 21.4. The van der Waals surface area contributed by atoms with Gasteiger partial charge in [-0.3, -0.25) is 4.90 Å². The van der Waals surface area contributed by atoms with Gasteiger partial charge in [0.15, 0.2) is 5.84 Å². The van der Waals surface area contributed by atoms with Crippen LogP contribution in [0.2, 0.25) is 0 Å². The summed E-state index contributed by atoms with van der Waals surface area (Å²) in [5.41, 5.74) is 4.86. The number of hydrogen-bond donors (Lipinski definition) is 3. The van der Waals surface area contributed by atoms with Crippen molar-refractivity contribution in [2.24, 2.45) is 10.9 Å². The van der Waals surface area contributed by atoms with E-state index in [0.717, 1.165) is 19.4 Å². The fourth-order valence-corrected chi connectivity index (χ4v) is 1.86. The summed E-state index contributed by atoms with van der Waals surface area (Å²) >= 11 is 0. The summed E-state index contributed by atoms with van der Waals surface area (Å²) < 4.78 is 0. The molecular weight excluding hydrogens is 182 g/mol. The molecule has 0 spiro atoms. The molecule has 0 aliphatic carbocycles. The Balaban J connectivity index is 2.60. The van der Waals surface area contributed by atoms with E-state index in [4.69, 9.17) is 10.9 Å². The molecule has 1 fully saturated rings. The SMILES string of the molecule is CC(C(N)=NO)N1CCCC(C)(O)C1. The predicted molar refractivity (Wildman–Crippen MR) is 54.3 cm³/mol. The van der Waals surface area contributed by atoms with Crippen LogP contribution in [0.25, 0.3) is 0 Å². The first kappa shape index (κ1) is 11.3. The minimum Gasteiger partial charge on any atom is -0.409 e. The van der Waals surface area contributed by atoms with Gasteiger partial charge in [0, 0.05) is 6.54 Å². The minimum absolute atomic E-state index is 0.119. The smallest absolute Gasteiger partial charge is 0.156 e. The lowest BCUT2D eigenvalue weighted by molar-refractivity contribution is -0.0201. The van der Waals surface area contributed by atoms with Crippen LogP contribution < -0.4 is 5.73 Å². The Kier molecular flexibility index (Phi) is 3.34. The van der Waals surface area contributed by atoms with Crippen LogP contribution in [0.3, 0.4) is 0 Å². The Labute approximate surface area is 84.2 Å². The molecule has 0 radical (unpaired) electrons. The highest BCUT2D eigenvalue weighted by atomic mass is 16.4. The first-order valence-electron chi connectivity index (χ1n) is 4.90. The zero-order valence-corrected chi connectivity index (χ0v) is 8.77. The standard InChI is InChI=1S/C9H19N3O2/c1-7(8(10)11-14)12-5-3-4-9(2,13)6-12/h7,13-14H,3-6H2,1-2H3,(H2,10,11). The van der Waals surface area contributed by atoms with Crippen molar-refractivity contribution in [2.75, 3.05) is 13.1 Å². The molecule has 1 aliphatic rings. The Bertz CT molecular complexity index is 228. The summed E-state index contributed by atoms with van der Waals surface area (Å²) in [6, 6.07) is -0.119. The molecule has 0 bridgehead atoms. The van der Waals surface area contributed by atoms with E-state index in [1.165, 1.54) is 0 Å². The van der Waals surface area contributed by atoms with Gasteiger partial charge in [0.25, 0.3) is 0 Å². The Morgan fingerprint density at radius 1 is 1.64 bits per heavy atom. The molecule has 1 aliphatic heterocycles. The van der Waals surface area contributed by atoms with Crippen LogP contribution in [0.1, 0.15) is 26.7 Å². The lowest BCUT2D eigenvalue weighted by Crippen LogP contribution is -2.53. The molecule has 2 unspecified atom stereocenters. The molecule has 0 aromatic carbocycles. The highest BCUT2D eigenvalue weighted by Crippen LogP contribution is 2.21. The molecule has 82 valence electrons. The van der Waals surface area contributed by atoms with Gasteiger partial charge in [0.1, 0.15) is 0 Å². The van der Waals surface area contributed by atoms with Crippen molar-refractivity contribution >= 4 is 5.84 Å². The predicted octanol–water partition coefficient (Wildman–Crippen LogP) is -0.0319. The summed E-state index contributed by atoms with van der Waals surface area (Å²) in [5.74, 6) is 0.197.